The third kappa shape index (κ3) is 3.39. The summed E-state index contributed by atoms with van der Waals surface area (Å²) in [7, 11) is 0. The second kappa shape index (κ2) is 5.84. The molecule has 0 spiro atoms. The smallest absolute Gasteiger partial charge is 0.422 e. The molecule has 10 heteroatoms. The molecule has 0 aliphatic rings. The van der Waals surface area contributed by atoms with Crippen LogP contribution in [0.4, 0.5) is 13.2 Å². The second-order valence-corrected chi connectivity index (χ2v) is 4.74. The highest BCUT2D eigenvalue weighted by Crippen LogP contribution is 2.30. The first-order chi connectivity index (χ1) is 10.9. The number of nitrogens with zero attached hydrogens (tertiary/aromatic N) is 5. The van der Waals surface area contributed by atoms with Gasteiger partial charge in [0.05, 0.1) is 23.6 Å². The predicted molar refractivity (Wildman–Crippen MR) is 73.5 cm³/mol. The fraction of sp³-hybridized carbons (Fsp3) is 0.0769. The van der Waals surface area contributed by atoms with E-state index in [9.17, 15) is 13.2 Å². The van der Waals surface area contributed by atoms with E-state index in [1.54, 1.807) is 18.2 Å². The Morgan fingerprint density at radius 3 is 2.43 bits per heavy atom. The Kier molecular flexibility index (Phi) is 3.87. The molecule has 0 amide bonds. The zero-order valence-corrected chi connectivity index (χ0v) is 12.0. The fourth-order valence-corrected chi connectivity index (χ4v) is 1.79. The van der Waals surface area contributed by atoms with E-state index in [1.165, 1.54) is 18.5 Å². The highest BCUT2D eigenvalue weighted by atomic mass is 35.5. The summed E-state index contributed by atoms with van der Waals surface area (Å²) in [6, 6.07) is 6.34. The summed E-state index contributed by atoms with van der Waals surface area (Å²) in [6.45, 7) is 0. The molecule has 3 rings (SSSR count). The number of benzene rings is 1. The van der Waals surface area contributed by atoms with Crippen molar-refractivity contribution in [1.29, 1.82) is 0 Å². The average molecular weight is 342 g/mol. The highest BCUT2D eigenvalue weighted by Gasteiger charge is 2.34. The van der Waals surface area contributed by atoms with Crippen LogP contribution in [-0.2, 0) is 6.18 Å². The molecule has 0 aliphatic heterocycles. The SMILES string of the molecule is FC(F)(F)c1cn(-c2ccccc2Oc2ncc(Cl)cn2)nn1. The molecule has 6 nitrogen and oxygen atoms in total. The maximum atomic E-state index is 12.6. The third-order valence-electron chi connectivity index (χ3n) is 2.69. The molecule has 2 heterocycles. The van der Waals surface area contributed by atoms with Crippen LogP contribution in [0.15, 0.2) is 42.9 Å². The largest absolute Gasteiger partial charge is 0.436 e. The monoisotopic (exact) mass is 341 g/mol. The molecule has 0 saturated heterocycles. The van der Waals surface area contributed by atoms with Crippen molar-refractivity contribution in [1.82, 2.24) is 25.0 Å². The lowest BCUT2D eigenvalue weighted by Crippen LogP contribution is -2.05. The summed E-state index contributed by atoms with van der Waals surface area (Å²) in [4.78, 5) is 7.72. The van der Waals surface area contributed by atoms with Gasteiger partial charge in [-0.1, -0.05) is 28.9 Å². The molecule has 0 aliphatic carbocycles. The molecule has 1 aromatic carbocycles. The molecular formula is C13H7ClF3N5O. The van der Waals surface area contributed by atoms with Crippen LogP contribution in [-0.4, -0.2) is 25.0 Å². The summed E-state index contributed by atoms with van der Waals surface area (Å²) < 4.78 is 44.3. The van der Waals surface area contributed by atoms with Crippen molar-refractivity contribution in [3.05, 3.63) is 53.6 Å². The van der Waals surface area contributed by atoms with E-state index in [2.05, 4.69) is 20.3 Å². The zero-order chi connectivity index (χ0) is 16.4. The van der Waals surface area contributed by atoms with Crippen LogP contribution in [0.3, 0.4) is 0 Å². The Hall–Kier alpha value is -2.68. The molecular weight excluding hydrogens is 335 g/mol. The minimum atomic E-state index is -4.58. The number of ether oxygens (including phenoxy) is 1. The van der Waals surface area contributed by atoms with Gasteiger partial charge in [0.15, 0.2) is 11.4 Å². The third-order valence-corrected chi connectivity index (χ3v) is 2.89. The molecule has 3 aromatic rings. The molecule has 23 heavy (non-hydrogen) atoms. The average Bonchev–Trinajstić information content (AvgIpc) is 3.00. The summed E-state index contributed by atoms with van der Waals surface area (Å²) >= 11 is 5.68. The van der Waals surface area contributed by atoms with Gasteiger partial charge < -0.3 is 4.74 Å². The fourth-order valence-electron chi connectivity index (χ4n) is 1.70. The van der Waals surface area contributed by atoms with Gasteiger partial charge in [0.25, 0.3) is 0 Å². The summed E-state index contributed by atoms with van der Waals surface area (Å²) in [5.74, 6) is 0.216. The minimum absolute atomic E-state index is 0.00184. The zero-order valence-electron chi connectivity index (χ0n) is 11.2. The van der Waals surface area contributed by atoms with E-state index in [0.29, 0.717) is 5.02 Å². The molecule has 0 N–H and O–H groups in total. The molecule has 0 bridgehead atoms. The number of aromatic nitrogens is 5. The Morgan fingerprint density at radius 1 is 1.09 bits per heavy atom. The van der Waals surface area contributed by atoms with Gasteiger partial charge >= 0.3 is 12.2 Å². The van der Waals surface area contributed by atoms with E-state index >= 15 is 0 Å². The van der Waals surface area contributed by atoms with Crippen LogP contribution in [0, 0.1) is 0 Å². The van der Waals surface area contributed by atoms with Gasteiger partial charge in [-0.25, -0.2) is 14.6 Å². The van der Waals surface area contributed by atoms with Crippen molar-refractivity contribution in [2.45, 2.75) is 6.18 Å². The molecule has 0 atom stereocenters. The maximum Gasteiger partial charge on any atom is 0.436 e. The highest BCUT2D eigenvalue weighted by molar-refractivity contribution is 6.30. The predicted octanol–water partition coefficient (Wildman–Crippen LogP) is 3.52. The van der Waals surface area contributed by atoms with Crippen LogP contribution in [0.5, 0.6) is 11.8 Å². The van der Waals surface area contributed by atoms with Gasteiger partial charge in [-0.2, -0.15) is 13.2 Å². The molecule has 0 saturated carbocycles. The lowest BCUT2D eigenvalue weighted by atomic mass is 10.3. The van der Waals surface area contributed by atoms with Crippen LogP contribution >= 0.6 is 11.6 Å². The first-order valence-corrected chi connectivity index (χ1v) is 6.55. The maximum absolute atomic E-state index is 12.6. The number of hydrogen-bond donors (Lipinski definition) is 0. The van der Waals surface area contributed by atoms with Crippen LogP contribution in [0.2, 0.25) is 5.02 Å². The Balaban J connectivity index is 1.94. The number of alkyl halides is 3. The quantitative estimate of drug-likeness (QED) is 0.729. The van der Waals surface area contributed by atoms with Gasteiger partial charge in [-0.3, -0.25) is 0 Å². The lowest BCUT2D eigenvalue weighted by molar-refractivity contribution is -0.141. The van der Waals surface area contributed by atoms with Crippen molar-refractivity contribution < 1.29 is 17.9 Å². The Bertz CT molecular complexity index is 819. The Morgan fingerprint density at radius 2 is 1.78 bits per heavy atom. The topological polar surface area (TPSA) is 65.7 Å². The van der Waals surface area contributed by atoms with E-state index in [-0.39, 0.29) is 17.4 Å². The summed E-state index contributed by atoms with van der Waals surface area (Å²) in [6.07, 6.45) is -1.13. The molecule has 118 valence electrons. The van der Waals surface area contributed by atoms with Crippen molar-refractivity contribution in [2.75, 3.05) is 0 Å². The van der Waals surface area contributed by atoms with Gasteiger partial charge in [-0.05, 0) is 12.1 Å². The lowest BCUT2D eigenvalue weighted by Gasteiger charge is -2.08. The van der Waals surface area contributed by atoms with Crippen molar-refractivity contribution >= 4 is 11.6 Å². The van der Waals surface area contributed by atoms with Gasteiger partial charge in [-0.15, -0.1) is 5.10 Å². The Labute approximate surface area is 132 Å². The molecule has 0 fully saturated rings. The van der Waals surface area contributed by atoms with E-state index in [0.717, 1.165) is 10.9 Å². The molecule has 0 unspecified atom stereocenters. The number of halogens is 4. The van der Waals surface area contributed by atoms with Crippen LogP contribution in [0.1, 0.15) is 5.69 Å². The normalized spacial score (nSPS) is 11.5. The number of para-hydroxylation sites is 2. The van der Waals surface area contributed by atoms with E-state index in [1.807, 2.05) is 0 Å². The van der Waals surface area contributed by atoms with E-state index < -0.39 is 11.9 Å². The van der Waals surface area contributed by atoms with Crippen molar-refractivity contribution in [2.24, 2.45) is 0 Å². The first kappa shape index (κ1) is 15.2. The first-order valence-electron chi connectivity index (χ1n) is 6.18. The summed E-state index contributed by atoms with van der Waals surface area (Å²) in [5.41, 5.74) is -0.843. The molecule has 0 radical (unpaired) electrons. The van der Waals surface area contributed by atoms with Gasteiger partial charge in [0.2, 0.25) is 0 Å². The molecule has 2 aromatic heterocycles. The van der Waals surface area contributed by atoms with Crippen molar-refractivity contribution in [3.63, 3.8) is 0 Å². The second-order valence-electron chi connectivity index (χ2n) is 4.30. The van der Waals surface area contributed by atoms with Crippen LogP contribution < -0.4 is 4.74 Å². The standard InChI is InChI=1S/C13H7ClF3N5O/c14-8-5-18-12(19-6-8)23-10-4-2-1-3-9(10)22-7-11(20-21-22)13(15,16)17/h1-7H. The van der Waals surface area contributed by atoms with Crippen LogP contribution in [0.25, 0.3) is 5.69 Å². The minimum Gasteiger partial charge on any atom is -0.422 e. The van der Waals surface area contributed by atoms with E-state index in [4.69, 9.17) is 16.3 Å². The number of hydrogen-bond acceptors (Lipinski definition) is 5. The number of rotatable bonds is 3. The van der Waals surface area contributed by atoms with Crippen molar-refractivity contribution in [3.8, 4) is 17.4 Å². The van der Waals surface area contributed by atoms with Gasteiger partial charge in [0.1, 0.15) is 5.69 Å². The van der Waals surface area contributed by atoms with Gasteiger partial charge in [0, 0.05) is 0 Å². The summed E-state index contributed by atoms with van der Waals surface area (Å²) in [5, 5.41) is 6.91.